The second-order valence-electron chi connectivity index (χ2n) is 9.49. The number of ether oxygens (including phenoxy) is 1. The normalized spacial score (nSPS) is 23.0. The molecule has 0 radical (unpaired) electrons. The molecule has 1 atom stereocenters. The molecular formula is C23H31N7O3S. The van der Waals surface area contributed by atoms with Gasteiger partial charge in [-0.1, -0.05) is 0 Å². The van der Waals surface area contributed by atoms with E-state index >= 15 is 0 Å². The third-order valence-electron chi connectivity index (χ3n) is 7.19. The number of aryl methyl sites for hydroxylation is 1. The molecule has 0 aromatic carbocycles. The Morgan fingerprint density at radius 2 is 1.91 bits per heavy atom. The fourth-order valence-electron chi connectivity index (χ4n) is 5.24. The van der Waals surface area contributed by atoms with Crippen molar-refractivity contribution >= 4 is 28.8 Å². The standard InChI is InChI=1S/C23H31N7O3S/c31-22(28-7-2-1-3-8-28)18-14-29-9-10-30(15-19(29)25-18)23-26-17-6-13-34(32)20(17)21(27-23)24-16-4-11-33-12-5-16/h14,16H,1-13,15H2,(H,24,26,27). The molecule has 2 aromatic heterocycles. The minimum atomic E-state index is -1.06. The SMILES string of the molecule is O=C(c1cn2c(n1)CN(c1nc3c(c(NC4CCOCC4)n1)[S+]([O-])CC3)CC2)N1CCCCC1. The van der Waals surface area contributed by atoms with E-state index in [1.54, 1.807) is 0 Å². The van der Waals surface area contributed by atoms with Crippen LogP contribution in [-0.2, 0) is 35.4 Å². The summed E-state index contributed by atoms with van der Waals surface area (Å²) in [7, 11) is 0. The van der Waals surface area contributed by atoms with Crippen LogP contribution in [0.4, 0.5) is 11.8 Å². The second-order valence-corrected chi connectivity index (χ2v) is 11.0. The number of carbonyl (C=O) groups excluding carboxylic acids is 1. The lowest BCUT2D eigenvalue weighted by Gasteiger charge is -2.29. The summed E-state index contributed by atoms with van der Waals surface area (Å²) in [6.45, 7) is 5.11. The zero-order chi connectivity index (χ0) is 23.1. The van der Waals surface area contributed by atoms with Crippen molar-refractivity contribution < 1.29 is 14.1 Å². The maximum absolute atomic E-state index is 12.9. The predicted octanol–water partition coefficient (Wildman–Crippen LogP) is 1.57. The molecule has 4 aliphatic heterocycles. The average molecular weight is 486 g/mol. The Hall–Kier alpha value is -2.37. The molecule has 0 aliphatic carbocycles. The summed E-state index contributed by atoms with van der Waals surface area (Å²) in [5.41, 5.74) is 1.42. The lowest BCUT2D eigenvalue weighted by molar-refractivity contribution is 0.0718. The molecular weight excluding hydrogens is 454 g/mol. The number of aromatic nitrogens is 4. The Morgan fingerprint density at radius 3 is 2.74 bits per heavy atom. The molecule has 182 valence electrons. The molecule has 34 heavy (non-hydrogen) atoms. The molecule has 2 saturated heterocycles. The summed E-state index contributed by atoms with van der Waals surface area (Å²) >= 11 is -1.06. The molecule has 10 nitrogen and oxygen atoms in total. The summed E-state index contributed by atoms with van der Waals surface area (Å²) < 4.78 is 20.2. The van der Waals surface area contributed by atoms with Gasteiger partial charge in [-0.3, -0.25) is 4.79 Å². The van der Waals surface area contributed by atoms with Gasteiger partial charge in [0.1, 0.15) is 23.0 Å². The molecule has 6 heterocycles. The van der Waals surface area contributed by atoms with Gasteiger partial charge in [-0.15, -0.1) is 0 Å². The highest BCUT2D eigenvalue weighted by Crippen LogP contribution is 2.34. The zero-order valence-corrected chi connectivity index (χ0v) is 20.2. The molecule has 1 amide bonds. The lowest BCUT2D eigenvalue weighted by atomic mass is 10.1. The van der Waals surface area contributed by atoms with E-state index in [1.165, 1.54) is 6.42 Å². The van der Waals surface area contributed by atoms with E-state index in [9.17, 15) is 9.35 Å². The van der Waals surface area contributed by atoms with Gasteiger partial charge in [0, 0.05) is 58.1 Å². The molecule has 2 aromatic rings. The highest BCUT2D eigenvalue weighted by Gasteiger charge is 2.34. The van der Waals surface area contributed by atoms with Crippen molar-refractivity contribution in [2.45, 2.75) is 62.6 Å². The Bertz CT molecular complexity index is 1070. The molecule has 11 heteroatoms. The number of imidazole rings is 1. The number of piperidine rings is 1. The molecule has 4 aliphatic rings. The number of hydrogen-bond donors (Lipinski definition) is 1. The first-order valence-electron chi connectivity index (χ1n) is 12.4. The van der Waals surface area contributed by atoms with Crippen LogP contribution in [0.3, 0.4) is 0 Å². The second kappa shape index (κ2) is 9.35. The molecule has 0 saturated carbocycles. The van der Waals surface area contributed by atoms with Crippen LogP contribution in [0.1, 0.15) is 54.1 Å². The number of anilines is 2. The number of carbonyl (C=O) groups is 1. The van der Waals surface area contributed by atoms with E-state index in [-0.39, 0.29) is 11.9 Å². The number of rotatable bonds is 4. The predicted molar refractivity (Wildman–Crippen MR) is 128 cm³/mol. The van der Waals surface area contributed by atoms with Gasteiger partial charge < -0.3 is 29.0 Å². The van der Waals surface area contributed by atoms with Crippen molar-refractivity contribution in [1.82, 2.24) is 24.4 Å². The van der Waals surface area contributed by atoms with Crippen LogP contribution in [0.5, 0.6) is 0 Å². The molecule has 0 spiro atoms. The van der Waals surface area contributed by atoms with E-state index in [2.05, 4.69) is 14.8 Å². The van der Waals surface area contributed by atoms with Crippen LogP contribution in [-0.4, -0.2) is 79.5 Å². The quantitative estimate of drug-likeness (QED) is 0.650. The maximum Gasteiger partial charge on any atom is 0.274 e. The smallest absolute Gasteiger partial charge is 0.274 e. The molecule has 6 rings (SSSR count). The number of nitrogens with one attached hydrogen (secondary N) is 1. The van der Waals surface area contributed by atoms with Gasteiger partial charge in [0.25, 0.3) is 5.91 Å². The molecule has 2 fully saturated rings. The van der Waals surface area contributed by atoms with Crippen molar-refractivity contribution in [3.63, 3.8) is 0 Å². The Labute approximate surface area is 202 Å². The van der Waals surface area contributed by atoms with E-state index < -0.39 is 11.2 Å². The Morgan fingerprint density at radius 1 is 1.09 bits per heavy atom. The van der Waals surface area contributed by atoms with Crippen molar-refractivity contribution in [2.75, 3.05) is 48.8 Å². The molecule has 1 unspecified atom stereocenters. The first-order valence-corrected chi connectivity index (χ1v) is 13.7. The van der Waals surface area contributed by atoms with Gasteiger partial charge in [-0.25, -0.2) is 9.97 Å². The number of hydrogen-bond acceptors (Lipinski definition) is 8. The highest BCUT2D eigenvalue weighted by atomic mass is 32.2. The summed E-state index contributed by atoms with van der Waals surface area (Å²) in [4.78, 5) is 32.1. The van der Waals surface area contributed by atoms with Crippen LogP contribution < -0.4 is 10.2 Å². The average Bonchev–Trinajstić information content (AvgIpc) is 3.48. The van der Waals surface area contributed by atoms with Crippen LogP contribution in [0.25, 0.3) is 0 Å². The van der Waals surface area contributed by atoms with Gasteiger partial charge in [-0.2, -0.15) is 4.98 Å². The van der Waals surface area contributed by atoms with Crippen LogP contribution in [0.2, 0.25) is 0 Å². The number of nitrogens with zero attached hydrogens (tertiary/aromatic N) is 6. The summed E-state index contributed by atoms with van der Waals surface area (Å²) in [6, 6.07) is 0.266. The van der Waals surface area contributed by atoms with E-state index in [1.807, 2.05) is 11.1 Å². The van der Waals surface area contributed by atoms with Gasteiger partial charge >= 0.3 is 0 Å². The number of amides is 1. The fraction of sp³-hybridized carbons (Fsp3) is 0.652. The monoisotopic (exact) mass is 485 g/mol. The van der Waals surface area contributed by atoms with Crippen molar-refractivity contribution in [3.05, 3.63) is 23.4 Å². The van der Waals surface area contributed by atoms with Crippen molar-refractivity contribution in [2.24, 2.45) is 0 Å². The van der Waals surface area contributed by atoms with E-state index in [4.69, 9.17) is 19.7 Å². The van der Waals surface area contributed by atoms with Crippen LogP contribution in [0.15, 0.2) is 11.1 Å². The summed E-state index contributed by atoms with van der Waals surface area (Å²) in [5, 5.41) is 3.54. The number of likely N-dealkylation sites (tertiary alicyclic amines) is 1. The largest absolute Gasteiger partial charge is 0.611 e. The third kappa shape index (κ3) is 4.25. The zero-order valence-electron chi connectivity index (χ0n) is 19.4. The van der Waals surface area contributed by atoms with E-state index in [0.29, 0.717) is 36.2 Å². The lowest BCUT2D eigenvalue weighted by Crippen LogP contribution is -2.36. The third-order valence-corrected chi connectivity index (χ3v) is 8.64. The van der Waals surface area contributed by atoms with Crippen molar-refractivity contribution in [3.8, 4) is 0 Å². The first kappa shape index (κ1) is 22.1. The Balaban J connectivity index is 1.23. The minimum Gasteiger partial charge on any atom is -0.611 e. The van der Waals surface area contributed by atoms with Gasteiger partial charge in [0.15, 0.2) is 5.82 Å². The van der Waals surface area contributed by atoms with Crippen LogP contribution >= 0.6 is 0 Å². The fourth-order valence-corrected chi connectivity index (χ4v) is 6.56. The van der Waals surface area contributed by atoms with Gasteiger partial charge in [0.2, 0.25) is 10.8 Å². The summed E-state index contributed by atoms with van der Waals surface area (Å²) in [5.74, 6) is 2.84. The minimum absolute atomic E-state index is 0.0346. The molecule has 1 N–H and O–H groups in total. The number of fused-ring (bicyclic) bond motifs is 2. The first-order chi connectivity index (χ1) is 16.7. The van der Waals surface area contributed by atoms with E-state index in [0.717, 1.165) is 81.5 Å². The maximum atomic E-state index is 12.9. The summed E-state index contributed by atoms with van der Waals surface area (Å²) in [6.07, 6.45) is 7.75. The van der Waals surface area contributed by atoms with Crippen LogP contribution in [0, 0.1) is 0 Å². The van der Waals surface area contributed by atoms with Gasteiger partial charge in [0.05, 0.1) is 6.54 Å². The molecule has 0 bridgehead atoms. The van der Waals surface area contributed by atoms with Gasteiger partial charge in [-0.05, 0) is 43.3 Å². The van der Waals surface area contributed by atoms with Crippen molar-refractivity contribution in [1.29, 1.82) is 0 Å². The topological polar surface area (TPSA) is 111 Å². The highest BCUT2D eigenvalue weighted by molar-refractivity contribution is 7.91. The Kier molecular flexibility index (Phi) is 6.08.